The molecule has 1 heterocycles. The van der Waals surface area contributed by atoms with Gasteiger partial charge in [0.05, 0.1) is 11.4 Å². The summed E-state index contributed by atoms with van der Waals surface area (Å²) in [7, 11) is 0. The molecule has 3 nitrogen and oxygen atoms in total. The third-order valence-corrected chi connectivity index (χ3v) is 5.02. The van der Waals surface area contributed by atoms with Crippen LogP contribution in [0.5, 0.6) is 0 Å². The molecule has 4 heteroatoms. The highest BCUT2D eigenvalue weighted by atomic mass is 32.1. The Morgan fingerprint density at radius 1 is 1.12 bits per heavy atom. The molecular formula is C21H23N3S. The van der Waals surface area contributed by atoms with E-state index in [0.717, 1.165) is 28.5 Å². The molecule has 0 amide bonds. The Hall–Kier alpha value is -2.46. The van der Waals surface area contributed by atoms with E-state index in [4.69, 9.17) is 0 Å². The van der Waals surface area contributed by atoms with Gasteiger partial charge in [-0.1, -0.05) is 48.9 Å². The highest BCUT2D eigenvalue weighted by Gasteiger charge is 2.07. The van der Waals surface area contributed by atoms with Gasteiger partial charge in [-0.3, -0.25) is 5.43 Å². The van der Waals surface area contributed by atoms with E-state index in [9.17, 15) is 0 Å². The lowest BCUT2D eigenvalue weighted by molar-refractivity contribution is 1.14. The van der Waals surface area contributed by atoms with Gasteiger partial charge < -0.3 is 0 Å². The number of benzene rings is 2. The van der Waals surface area contributed by atoms with Crippen LogP contribution in [0.25, 0.3) is 11.3 Å². The topological polar surface area (TPSA) is 37.3 Å². The van der Waals surface area contributed by atoms with Gasteiger partial charge in [-0.25, -0.2) is 4.98 Å². The van der Waals surface area contributed by atoms with Gasteiger partial charge in [0.1, 0.15) is 0 Å². The Bertz CT molecular complexity index is 892. The quantitative estimate of drug-likeness (QED) is 0.465. The van der Waals surface area contributed by atoms with Gasteiger partial charge in [-0.15, -0.1) is 11.3 Å². The second kappa shape index (κ2) is 7.62. The van der Waals surface area contributed by atoms with E-state index in [1.165, 1.54) is 22.3 Å². The number of nitrogens with one attached hydrogen (secondary N) is 1. The second-order valence-corrected chi connectivity index (χ2v) is 7.07. The molecule has 0 unspecified atom stereocenters. The molecule has 0 saturated carbocycles. The average Bonchev–Trinajstić information content (AvgIpc) is 3.10. The molecule has 3 aromatic rings. The predicted molar refractivity (Wildman–Crippen MR) is 109 cm³/mol. The molecule has 1 N–H and O–H groups in total. The SMILES string of the molecule is CCc1ccc(C(C)=NNc2nc(-c3cc(C)ccc3C)cs2)cc1. The molecule has 0 aliphatic heterocycles. The lowest BCUT2D eigenvalue weighted by atomic mass is 10.0. The number of hydrogen-bond acceptors (Lipinski definition) is 4. The zero-order valence-corrected chi connectivity index (χ0v) is 15.9. The van der Waals surface area contributed by atoms with Crippen molar-refractivity contribution in [1.82, 2.24) is 4.98 Å². The van der Waals surface area contributed by atoms with Gasteiger partial charge in [0, 0.05) is 10.9 Å². The van der Waals surface area contributed by atoms with Crippen LogP contribution in [-0.2, 0) is 6.42 Å². The normalized spacial score (nSPS) is 11.6. The first kappa shape index (κ1) is 17.4. The van der Waals surface area contributed by atoms with Crippen molar-refractivity contribution in [2.45, 2.75) is 34.1 Å². The van der Waals surface area contributed by atoms with E-state index in [2.05, 4.69) is 84.1 Å². The van der Waals surface area contributed by atoms with Crippen molar-refractivity contribution in [3.63, 3.8) is 0 Å². The summed E-state index contributed by atoms with van der Waals surface area (Å²) in [5, 5.41) is 7.36. The minimum Gasteiger partial charge on any atom is -0.252 e. The molecule has 3 rings (SSSR count). The van der Waals surface area contributed by atoms with Crippen LogP contribution in [0.3, 0.4) is 0 Å². The molecule has 2 aromatic carbocycles. The summed E-state index contributed by atoms with van der Waals surface area (Å²) in [4.78, 5) is 4.68. The Morgan fingerprint density at radius 3 is 2.60 bits per heavy atom. The summed E-state index contributed by atoms with van der Waals surface area (Å²) < 4.78 is 0. The summed E-state index contributed by atoms with van der Waals surface area (Å²) in [5.74, 6) is 0. The van der Waals surface area contributed by atoms with E-state index < -0.39 is 0 Å². The fraction of sp³-hybridized carbons (Fsp3) is 0.238. The molecular weight excluding hydrogens is 326 g/mol. The van der Waals surface area contributed by atoms with Crippen LogP contribution in [0.2, 0.25) is 0 Å². The van der Waals surface area contributed by atoms with Gasteiger partial charge >= 0.3 is 0 Å². The molecule has 25 heavy (non-hydrogen) atoms. The molecule has 128 valence electrons. The first-order valence-electron chi connectivity index (χ1n) is 8.49. The van der Waals surface area contributed by atoms with Gasteiger partial charge in [0.15, 0.2) is 0 Å². The maximum absolute atomic E-state index is 4.68. The van der Waals surface area contributed by atoms with Crippen molar-refractivity contribution in [1.29, 1.82) is 0 Å². The Morgan fingerprint density at radius 2 is 1.88 bits per heavy atom. The van der Waals surface area contributed by atoms with Crippen LogP contribution in [0.1, 0.15) is 36.1 Å². The molecule has 0 aliphatic rings. The summed E-state index contributed by atoms with van der Waals surface area (Å²) in [5.41, 5.74) is 11.2. The minimum absolute atomic E-state index is 0.806. The fourth-order valence-electron chi connectivity index (χ4n) is 2.64. The third-order valence-electron chi connectivity index (χ3n) is 4.27. The van der Waals surface area contributed by atoms with Gasteiger partial charge in [-0.2, -0.15) is 5.10 Å². The maximum atomic E-state index is 4.68. The van der Waals surface area contributed by atoms with E-state index in [-0.39, 0.29) is 0 Å². The molecule has 0 radical (unpaired) electrons. The highest BCUT2D eigenvalue weighted by Crippen LogP contribution is 2.28. The summed E-state index contributed by atoms with van der Waals surface area (Å²) in [6, 6.07) is 15.0. The molecule has 0 aliphatic carbocycles. The number of aryl methyl sites for hydroxylation is 3. The maximum Gasteiger partial charge on any atom is 0.203 e. The van der Waals surface area contributed by atoms with Crippen molar-refractivity contribution in [2.24, 2.45) is 5.10 Å². The average molecular weight is 350 g/mol. The largest absolute Gasteiger partial charge is 0.252 e. The number of thiazole rings is 1. The smallest absolute Gasteiger partial charge is 0.203 e. The molecule has 0 bridgehead atoms. The third kappa shape index (κ3) is 4.15. The Labute approximate surface area is 153 Å². The number of anilines is 1. The van der Waals surface area contributed by atoms with Crippen LogP contribution in [-0.4, -0.2) is 10.7 Å². The number of nitrogens with zero attached hydrogens (tertiary/aromatic N) is 2. The number of hydrogen-bond donors (Lipinski definition) is 1. The summed E-state index contributed by atoms with van der Waals surface area (Å²) in [6.45, 7) is 8.39. The Balaban J connectivity index is 1.75. The first-order valence-corrected chi connectivity index (χ1v) is 9.37. The second-order valence-electron chi connectivity index (χ2n) is 6.22. The van der Waals surface area contributed by atoms with Crippen molar-refractivity contribution in [3.05, 3.63) is 70.1 Å². The van der Waals surface area contributed by atoms with E-state index in [0.29, 0.717) is 0 Å². The Kier molecular flexibility index (Phi) is 5.29. The van der Waals surface area contributed by atoms with Crippen molar-refractivity contribution < 1.29 is 0 Å². The number of rotatable bonds is 5. The van der Waals surface area contributed by atoms with Crippen molar-refractivity contribution in [3.8, 4) is 11.3 Å². The molecule has 0 saturated heterocycles. The summed E-state index contributed by atoms with van der Waals surface area (Å²) in [6.07, 6.45) is 1.05. The van der Waals surface area contributed by atoms with E-state index in [1.54, 1.807) is 11.3 Å². The van der Waals surface area contributed by atoms with E-state index >= 15 is 0 Å². The van der Waals surface area contributed by atoms with Crippen LogP contribution in [0.4, 0.5) is 5.13 Å². The molecule has 0 spiro atoms. The summed E-state index contributed by atoms with van der Waals surface area (Å²) >= 11 is 1.57. The van der Waals surface area contributed by atoms with Crippen LogP contribution in [0.15, 0.2) is 52.9 Å². The first-order chi connectivity index (χ1) is 12.1. The predicted octanol–water partition coefficient (Wildman–Crippen LogP) is 5.83. The monoisotopic (exact) mass is 349 g/mol. The minimum atomic E-state index is 0.806. The molecule has 1 aromatic heterocycles. The van der Waals surface area contributed by atoms with Crippen molar-refractivity contribution >= 4 is 22.2 Å². The highest BCUT2D eigenvalue weighted by molar-refractivity contribution is 7.14. The fourth-order valence-corrected chi connectivity index (χ4v) is 3.29. The lowest BCUT2D eigenvalue weighted by Crippen LogP contribution is -1.99. The zero-order chi connectivity index (χ0) is 17.8. The zero-order valence-electron chi connectivity index (χ0n) is 15.1. The molecule has 0 atom stereocenters. The van der Waals surface area contributed by atoms with E-state index in [1.807, 2.05) is 6.92 Å². The van der Waals surface area contributed by atoms with Gasteiger partial charge in [0.25, 0.3) is 0 Å². The van der Waals surface area contributed by atoms with Crippen LogP contribution >= 0.6 is 11.3 Å². The van der Waals surface area contributed by atoms with Crippen LogP contribution in [0, 0.1) is 13.8 Å². The number of aromatic nitrogens is 1. The number of hydrazone groups is 1. The van der Waals surface area contributed by atoms with Crippen molar-refractivity contribution in [2.75, 3.05) is 5.43 Å². The van der Waals surface area contributed by atoms with Crippen LogP contribution < -0.4 is 5.43 Å². The lowest BCUT2D eigenvalue weighted by Gasteiger charge is -2.04. The standard InChI is InChI=1S/C21H23N3S/c1-5-17-8-10-18(11-9-17)16(4)23-24-21-22-20(13-25-21)19-12-14(2)6-7-15(19)3/h6-13H,5H2,1-4H3,(H,22,24). The molecule has 0 fully saturated rings. The van der Waals surface area contributed by atoms with Gasteiger partial charge in [-0.05, 0) is 49.9 Å². The van der Waals surface area contributed by atoms with Gasteiger partial charge in [0.2, 0.25) is 5.13 Å².